The summed E-state index contributed by atoms with van der Waals surface area (Å²) in [5.41, 5.74) is 2.23. The third-order valence-corrected chi connectivity index (χ3v) is 3.04. The van der Waals surface area contributed by atoms with E-state index in [1.54, 1.807) is 23.0 Å². The number of nitrogens with one attached hydrogen (secondary N) is 1. The number of H-pyrrole nitrogens is 1. The number of hydrogen-bond acceptors (Lipinski definition) is 2. The van der Waals surface area contributed by atoms with Crippen LogP contribution in [-0.4, -0.2) is 14.5 Å². The van der Waals surface area contributed by atoms with E-state index in [2.05, 4.69) is 25.9 Å². The van der Waals surface area contributed by atoms with E-state index < -0.39 is 0 Å². The summed E-state index contributed by atoms with van der Waals surface area (Å²) in [7, 11) is 0. The maximum Gasteiger partial charge on any atom is 0.331 e. The first-order valence-corrected chi connectivity index (χ1v) is 5.86. The summed E-state index contributed by atoms with van der Waals surface area (Å²) < 4.78 is 2.54. The summed E-state index contributed by atoms with van der Waals surface area (Å²) in [6.07, 6.45) is 3.34. The first kappa shape index (κ1) is 10.3. The van der Waals surface area contributed by atoms with Crippen LogP contribution in [0, 0.1) is 0 Å². The third-order valence-electron chi connectivity index (χ3n) is 2.55. The SMILES string of the molecule is O=c1[nH]c2ccc(Br)cc2n1-c1cccnc1. The van der Waals surface area contributed by atoms with Crippen LogP contribution in [0.5, 0.6) is 0 Å². The lowest BCUT2D eigenvalue weighted by molar-refractivity contribution is 1.00. The highest BCUT2D eigenvalue weighted by atomic mass is 79.9. The molecule has 0 aliphatic heterocycles. The van der Waals surface area contributed by atoms with Crippen LogP contribution in [0.25, 0.3) is 16.7 Å². The number of nitrogens with zero attached hydrogens (tertiary/aromatic N) is 2. The molecule has 17 heavy (non-hydrogen) atoms. The Kier molecular flexibility index (Phi) is 2.33. The van der Waals surface area contributed by atoms with E-state index in [0.717, 1.165) is 21.2 Å². The monoisotopic (exact) mass is 289 g/mol. The summed E-state index contributed by atoms with van der Waals surface area (Å²) in [6.45, 7) is 0. The Morgan fingerprint density at radius 2 is 2.18 bits per heavy atom. The van der Waals surface area contributed by atoms with Gasteiger partial charge in [-0.3, -0.25) is 9.55 Å². The minimum absolute atomic E-state index is 0.161. The molecule has 1 aromatic carbocycles. The average Bonchev–Trinajstić information content (AvgIpc) is 2.65. The molecule has 2 heterocycles. The van der Waals surface area contributed by atoms with Crippen LogP contribution >= 0.6 is 15.9 Å². The number of fused-ring (bicyclic) bond motifs is 1. The summed E-state index contributed by atoms with van der Waals surface area (Å²) >= 11 is 3.40. The van der Waals surface area contributed by atoms with Crippen molar-refractivity contribution in [3.63, 3.8) is 0 Å². The highest BCUT2D eigenvalue weighted by Gasteiger charge is 2.08. The Labute approximate surface area is 105 Å². The Balaban J connectivity index is 2.40. The Bertz CT molecular complexity index is 730. The predicted molar refractivity (Wildman–Crippen MR) is 69.4 cm³/mol. The van der Waals surface area contributed by atoms with Gasteiger partial charge in [-0.25, -0.2) is 4.79 Å². The van der Waals surface area contributed by atoms with Crippen LogP contribution in [0.4, 0.5) is 0 Å². The van der Waals surface area contributed by atoms with E-state index in [-0.39, 0.29) is 5.69 Å². The number of halogens is 1. The van der Waals surface area contributed by atoms with Gasteiger partial charge in [0.05, 0.1) is 22.9 Å². The van der Waals surface area contributed by atoms with E-state index in [9.17, 15) is 4.79 Å². The third kappa shape index (κ3) is 1.68. The molecule has 0 radical (unpaired) electrons. The van der Waals surface area contributed by atoms with Gasteiger partial charge in [0.25, 0.3) is 0 Å². The molecule has 0 saturated heterocycles. The van der Waals surface area contributed by atoms with Crippen LogP contribution in [-0.2, 0) is 0 Å². The number of hydrogen-bond donors (Lipinski definition) is 1. The van der Waals surface area contributed by atoms with Crippen LogP contribution in [0.1, 0.15) is 0 Å². The minimum atomic E-state index is -0.161. The molecule has 1 N–H and O–H groups in total. The molecule has 0 saturated carbocycles. The fourth-order valence-corrected chi connectivity index (χ4v) is 2.17. The Morgan fingerprint density at radius 3 is 2.94 bits per heavy atom. The second kappa shape index (κ2) is 3.85. The smallest absolute Gasteiger partial charge is 0.305 e. The topological polar surface area (TPSA) is 50.7 Å². The van der Waals surface area contributed by atoms with E-state index in [1.807, 2.05) is 24.3 Å². The maximum atomic E-state index is 11.9. The zero-order valence-corrected chi connectivity index (χ0v) is 10.3. The molecular weight excluding hydrogens is 282 g/mol. The van der Waals surface area contributed by atoms with Gasteiger partial charge in [-0.15, -0.1) is 0 Å². The Hall–Kier alpha value is -1.88. The van der Waals surface area contributed by atoms with Crippen molar-refractivity contribution >= 4 is 27.0 Å². The number of rotatable bonds is 1. The lowest BCUT2D eigenvalue weighted by atomic mass is 10.3. The van der Waals surface area contributed by atoms with Gasteiger partial charge in [0.15, 0.2) is 0 Å². The first-order chi connectivity index (χ1) is 8.25. The molecule has 2 aromatic heterocycles. The number of imidazole rings is 1. The van der Waals surface area contributed by atoms with Crippen molar-refractivity contribution in [1.29, 1.82) is 0 Å². The average molecular weight is 290 g/mol. The fourth-order valence-electron chi connectivity index (χ4n) is 1.82. The first-order valence-electron chi connectivity index (χ1n) is 5.06. The number of aromatic amines is 1. The highest BCUT2D eigenvalue weighted by Crippen LogP contribution is 2.19. The standard InChI is InChI=1S/C12H8BrN3O/c13-8-3-4-10-11(6-8)16(12(17)15-10)9-2-1-5-14-7-9/h1-7H,(H,15,17). The number of pyridine rings is 1. The molecule has 0 fully saturated rings. The molecular formula is C12H8BrN3O. The van der Waals surface area contributed by atoms with Gasteiger partial charge >= 0.3 is 5.69 Å². The van der Waals surface area contributed by atoms with E-state index in [0.29, 0.717) is 0 Å². The van der Waals surface area contributed by atoms with Gasteiger partial charge in [-0.2, -0.15) is 0 Å². The van der Waals surface area contributed by atoms with Crippen molar-refractivity contribution in [3.05, 3.63) is 57.7 Å². The predicted octanol–water partition coefficient (Wildman–Crippen LogP) is 2.48. The quantitative estimate of drug-likeness (QED) is 0.748. The van der Waals surface area contributed by atoms with Crippen LogP contribution in [0.15, 0.2) is 52.0 Å². The molecule has 84 valence electrons. The Morgan fingerprint density at radius 1 is 1.29 bits per heavy atom. The summed E-state index contributed by atoms with van der Waals surface area (Å²) in [4.78, 5) is 18.8. The largest absolute Gasteiger partial charge is 0.331 e. The normalized spacial score (nSPS) is 10.9. The van der Waals surface area contributed by atoms with Crippen LogP contribution in [0.3, 0.4) is 0 Å². The molecule has 0 spiro atoms. The van der Waals surface area contributed by atoms with Crippen LogP contribution in [0.2, 0.25) is 0 Å². The number of aromatic nitrogens is 3. The summed E-state index contributed by atoms with van der Waals surface area (Å²) in [5.74, 6) is 0. The van der Waals surface area contributed by atoms with E-state index in [4.69, 9.17) is 0 Å². The van der Waals surface area contributed by atoms with Gasteiger partial charge in [0.2, 0.25) is 0 Å². The van der Waals surface area contributed by atoms with E-state index >= 15 is 0 Å². The van der Waals surface area contributed by atoms with E-state index in [1.165, 1.54) is 0 Å². The molecule has 4 nitrogen and oxygen atoms in total. The second-order valence-corrected chi connectivity index (χ2v) is 4.55. The van der Waals surface area contributed by atoms with Gasteiger partial charge in [0, 0.05) is 10.7 Å². The number of benzene rings is 1. The molecule has 0 amide bonds. The van der Waals surface area contributed by atoms with Gasteiger partial charge in [0.1, 0.15) is 0 Å². The zero-order valence-electron chi connectivity index (χ0n) is 8.72. The van der Waals surface area contributed by atoms with Gasteiger partial charge in [-0.05, 0) is 30.3 Å². The highest BCUT2D eigenvalue weighted by molar-refractivity contribution is 9.10. The summed E-state index contributed by atoms with van der Waals surface area (Å²) in [5, 5.41) is 0. The molecule has 0 aliphatic rings. The van der Waals surface area contributed by atoms with Crippen LogP contribution < -0.4 is 5.69 Å². The molecule has 0 unspecified atom stereocenters. The second-order valence-electron chi connectivity index (χ2n) is 3.64. The van der Waals surface area contributed by atoms with Crippen molar-refractivity contribution in [3.8, 4) is 5.69 Å². The molecule has 5 heteroatoms. The van der Waals surface area contributed by atoms with Crippen molar-refractivity contribution in [2.75, 3.05) is 0 Å². The van der Waals surface area contributed by atoms with Crippen molar-refractivity contribution in [2.24, 2.45) is 0 Å². The molecule has 0 atom stereocenters. The van der Waals surface area contributed by atoms with Crippen molar-refractivity contribution < 1.29 is 0 Å². The van der Waals surface area contributed by atoms with Crippen molar-refractivity contribution in [1.82, 2.24) is 14.5 Å². The van der Waals surface area contributed by atoms with Gasteiger partial charge in [-0.1, -0.05) is 15.9 Å². The maximum absolute atomic E-state index is 11.9. The zero-order chi connectivity index (χ0) is 11.8. The van der Waals surface area contributed by atoms with Crippen molar-refractivity contribution in [2.45, 2.75) is 0 Å². The molecule has 0 bridgehead atoms. The molecule has 3 aromatic rings. The molecule has 0 aliphatic carbocycles. The minimum Gasteiger partial charge on any atom is -0.305 e. The van der Waals surface area contributed by atoms with Gasteiger partial charge < -0.3 is 4.98 Å². The summed E-state index contributed by atoms with van der Waals surface area (Å²) in [6, 6.07) is 9.32. The lowest BCUT2D eigenvalue weighted by Crippen LogP contribution is -2.14. The molecule has 3 rings (SSSR count). The fraction of sp³-hybridized carbons (Fsp3) is 0. The lowest BCUT2D eigenvalue weighted by Gasteiger charge is -2.02.